The van der Waals surface area contributed by atoms with Gasteiger partial charge in [-0.05, 0) is 57.7 Å². The molecule has 5 rings (SSSR count). The first-order valence-electron chi connectivity index (χ1n) is 10.0. The summed E-state index contributed by atoms with van der Waals surface area (Å²) >= 11 is 4.83. The second kappa shape index (κ2) is 6.48. The molecule has 2 bridgehead atoms. The van der Waals surface area contributed by atoms with Crippen LogP contribution in [0, 0.1) is 22.7 Å². The molecule has 2 fully saturated rings. The Morgan fingerprint density at radius 3 is 2.20 bits per heavy atom. The molecule has 2 amide bonds. The lowest BCUT2D eigenvalue weighted by atomic mass is 9.54. The Kier molecular flexibility index (Phi) is 4.30. The van der Waals surface area contributed by atoms with E-state index in [2.05, 4.69) is 33.1 Å². The van der Waals surface area contributed by atoms with Crippen LogP contribution in [0.3, 0.4) is 0 Å². The molecule has 8 heteroatoms. The Hall–Kier alpha value is -2.03. The highest BCUT2D eigenvalue weighted by molar-refractivity contribution is 9.11. The van der Waals surface area contributed by atoms with Gasteiger partial charge >= 0.3 is 0 Å². The Morgan fingerprint density at radius 2 is 1.70 bits per heavy atom. The van der Waals surface area contributed by atoms with Crippen LogP contribution < -0.4 is 17.2 Å². The van der Waals surface area contributed by atoms with E-state index >= 15 is 0 Å². The normalized spacial score (nSPS) is 32.6. The summed E-state index contributed by atoms with van der Waals surface area (Å²) in [6.07, 6.45) is 8.09. The van der Waals surface area contributed by atoms with Crippen LogP contribution in [0.2, 0.25) is 0 Å². The largest absolute Gasteiger partial charge is 0.369 e. The highest BCUT2D eigenvalue weighted by Crippen LogP contribution is 2.80. The van der Waals surface area contributed by atoms with Crippen LogP contribution in [0.1, 0.15) is 29.0 Å². The van der Waals surface area contributed by atoms with Crippen molar-refractivity contribution in [1.82, 2.24) is 4.98 Å². The number of halogens is 1. The molecule has 4 atom stereocenters. The number of nitrogens with two attached hydrogens (primary N) is 3. The molecule has 0 unspecified atom stereocenters. The number of rotatable bonds is 6. The number of carbonyl (C=O) groups is 2. The third kappa shape index (κ3) is 2.24. The van der Waals surface area contributed by atoms with Gasteiger partial charge in [0.05, 0.1) is 15.4 Å². The van der Waals surface area contributed by atoms with Crippen molar-refractivity contribution >= 4 is 39.1 Å². The van der Waals surface area contributed by atoms with Crippen LogP contribution in [0.4, 0.5) is 0 Å². The number of carbonyl (C=O) groups excluding carboxylic acids is 2. The van der Waals surface area contributed by atoms with Gasteiger partial charge in [0.25, 0.3) is 0 Å². The molecule has 0 saturated heterocycles. The quantitative estimate of drug-likeness (QED) is 0.541. The van der Waals surface area contributed by atoms with Gasteiger partial charge in [-0.1, -0.05) is 36.4 Å². The van der Waals surface area contributed by atoms with Gasteiger partial charge in [0.2, 0.25) is 11.8 Å². The van der Waals surface area contributed by atoms with Gasteiger partial charge < -0.3 is 17.2 Å². The zero-order valence-electron chi connectivity index (χ0n) is 16.3. The molecule has 1 spiro atoms. The summed E-state index contributed by atoms with van der Waals surface area (Å²) in [5.41, 5.74) is 17.5. The molecule has 3 aliphatic rings. The second-order valence-corrected chi connectivity index (χ2v) is 11.2. The minimum Gasteiger partial charge on any atom is -0.369 e. The smallest absolute Gasteiger partial charge is 0.232 e. The summed E-state index contributed by atoms with van der Waals surface area (Å²) in [7, 11) is 0. The number of primary amides is 2. The first kappa shape index (κ1) is 19.9. The van der Waals surface area contributed by atoms with E-state index in [4.69, 9.17) is 17.2 Å². The van der Waals surface area contributed by atoms with Crippen molar-refractivity contribution in [2.24, 2.45) is 39.9 Å². The van der Waals surface area contributed by atoms with E-state index in [0.29, 0.717) is 18.0 Å². The molecule has 0 aliphatic heterocycles. The van der Waals surface area contributed by atoms with Crippen molar-refractivity contribution in [3.05, 3.63) is 62.5 Å². The van der Waals surface area contributed by atoms with E-state index in [1.807, 2.05) is 24.3 Å². The summed E-state index contributed by atoms with van der Waals surface area (Å²) in [5, 5.41) is 0.572. The van der Waals surface area contributed by atoms with Crippen LogP contribution in [0.25, 0.3) is 0 Å². The maximum Gasteiger partial charge on any atom is 0.232 e. The number of allylic oxidation sites excluding steroid dienone is 2. The summed E-state index contributed by atoms with van der Waals surface area (Å²) in [6, 6.07) is 7.83. The molecule has 6 N–H and O–H groups in total. The van der Waals surface area contributed by atoms with E-state index in [9.17, 15) is 9.59 Å². The predicted molar refractivity (Wildman–Crippen MR) is 118 cm³/mol. The van der Waals surface area contributed by atoms with Crippen molar-refractivity contribution in [1.29, 1.82) is 0 Å². The zero-order valence-corrected chi connectivity index (χ0v) is 18.7. The van der Waals surface area contributed by atoms with Crippen molar-refractivity contribution in [3.63, 3.8) is 0 Å². The lowest BCUT2D eigenvalue weighted by molar-refractivity contribution is -0.143. The number of nitrogens with zero attached hydrogens (tertiary/aromatic N) is 1. The van der Waals surface area contributed by atoms with Gasteiger partial charge in [0.1, 0.15) is 10.4 Å². The fourth-order valence-corrected chi connectivity index (χ4v) is 7.89. The van der Waals surface area contributed by atoms with Gasteiger partial charge in [-0.3, -0.25) is 9.59 Å². The summed E-state index contributed by atoms with van der Waals surface area (Å²) < 4.78 is 0.792. The minimum atomic E-state index is -1.27. The third-order valence-electron chi connectivity index (χ3n) is 7.65. The molecule has 1 aromatic carbocycles. The van der Waals surface area contributed by atoms with Crippen molar-refractivity contribution in [2.75, 3.05) is 0 Å². The molecule has 3 aliphatic carbocycles. The Balaban J connectivity index is 1.77. The van der Waals surface area contributed by atoms with E-state index in [1.54, 1.807) is 6.20 Å². The van der Waals surface area contributed by atoms with Crippen LogP contribution in [-0.4, -0.2) is 16.8 Å². The molecule has 1 heterocycles. The molecule has 156 valence electrons. The molecule has 2 aromatic rings. The summed E-state index contributed by atoms with van der Waals surface area (Å²) in [6.45, 7) is 0.441. The monoisotopic (exact) mass is 486 g/mol. The van der Waals surface area contributed by atoms with E-state index < -0.39 is 22.6 Å². The van der Waals surface area contributed by atoms with Crippen LogP contribution in [0.5, 0.6) is 0 Å². The molecular formula is C22H23BrN4O2S. The van der Waals surface area contributed by atoms with Crippen LogP contribution in [-0.2, 0) is 28.0 Å². The lowest BCUT2D eigenvalue weighted by Crippen LogP contribution is -2.63. The number of hydrogen-bond acceptors (Lipinski definition) is 5. The van der Waals surface area contributed by atoms with E-state index in [-0.39, 0.29) is 17.3 Å². The predicted octanol–water partition coefficient (Wildman–Crippen LogP) is 2.40. The molecular weight excluding hydrogens is 464 g/mol. The number of benzene rings is 1. The second-order valence-electron chi connectivity index (χ2n) is 8.75. The van der Waals surface area contributed by atoms with Gasteiger partial charge in [-0.15, -0.1) is 11.3 Å². The lowest BCUT2D eigenvalue weighted by Gasteiger charge is -2.46. The SMILES string of the molecule is NCc1ccc(C[C@@]2(C(N)=O)[C@@H]3C=C[C@@H](C34CC4)[C@@]2(C(N)=O)c2ncc(Br)s2)cc1. The Labute approximate surface area is 187 Å². The fourth-order valence-electron chi connectivity index (χ4n) is 6.36. The van der Waals surface area contributed by atoms with Crippen LogP contribution in [0.15, 0.2) is 46.4 Å². The molecule has 1 aromatic heterocycles. The van der Waals surface area contributed by atoms with Crippen molar-refractivity contribution < 1.29 is 9.59 Å². The first-order chi connectivity index (χ1) is 14.3. The number of thiazole rings is 1. The zero-order chi connectivity index (χ0) is 21.3. The molecule has 0 radical (unpaired) electrons. The third-order valence-corrected chi connectivity index (χ3v) is 9.26. The standard InChI is InChI=1S/C22H23BrN4O2S/c23-16-11-27-19(30-16)22(18(26)29)15-6-5-14(20(15)7-8-20)21(22,17(25)28)9-12-1-3-13(10-24)4-2-12/h1-6,11,14-15H,7-10,24H2,(H2,25,28)(H2,26,29)/t14-,15+,21+,22-/m1/s1. The highest BCUT2D eigenvalue weighted by atomic mass is 79.9. The van der Waals surface area contributed by atoms with Crippen molar-refractivity contribution in [3.8, 4) is 0 Å². The fraction of sp³-hybridized carbons (Fsp3) is 0.409. The number of aromatic nitrogens is 1. The van der Waals surface area contributed by atoms with Gasteiger partial charge in [0.15, 0.2) is 0 Å². The van der Waals surface area contributed by atoms with Crippen molar-refractivity contribution in [2.45, 2.75) is 31.2 Å². The van der Waals surface area contributed by atoms with Gasteiger partial charge in [-0.25, -0.2) is 4.98 Å². The van der Waals surface area contributed by atoms with Gasteiger partial charge in [-0.2, -0.15) is 0 Å². The maximum absolute atomic E-state index is 13.4. The van der Waals surface area contributed by atoms with E-state index in [1.165, 1.54) is 11.3 Å². The molecule has 6 nitrogen and oxygen atoms in total. The number of amides is 2. The topological polar surface area (TPSA) is 125 Å². The molecule has 2 saturated carbocycles. The average Bonchev–Trinajstić information content (AvgIpc) is 3.19. The van der Waals surface area contributed by atoms with Crippen LogP contribution >= 0.6 is 27.3 Å². The highest BCUT2D eigenvalue weighted by Gasteiger charge is 2.83. The summed E-state index contributed by atoms with van der Waals surface area (Å²) in [4.78, 5) is 31.3. The Bertz CT molecular complexity index is 1080. The minimum absolute atomic E-state index is 0.139. The maximum atomic E-state index is 13.4. The average molecular weight is 487 g/mol. The first-order valence-corrected chi connectivity index (χ1v) is 11.6. The molecule has 30 heavy (non-hydrogen) atoms. The summed E-state index contributed by atoms with van der Waals surface area (Å²) in [5.74, 6) is -1.33. The van der Waals surface area contributed by atoms with Gasteiger partial charge in [0, 0.05) is 12.5 Å². The van der Waals surface area contributed by atoms with E-state index in [0.717, 1.165) is 27.8 Å². The Morgan fingerprint density at radius 1 is 1.07 bits per heavy atom. The number of hydrogen-bond donors (Lipinski definition) is 3.